The lowest BCUT2D eigenvalue weighted by molar-refractivity contribution is -0.870. The van der Waals surface area contributed by atoms with Gasteiger partial charge in [0.25, 0.3) is 0 Å². The van der Waals surface area contributed by atoms with E-state index in [0.717, 1.165) is 38.5 Å². The van der Waals surface area contributed by atoms with E-state index >= 15 is 0 Å². The molecule has 3 N–H and O–H groups in total. The maximum atomic E-state index is 13.1. The molecule has 0 aliphatic heterocycles. The van der Waals surface area contributed by atoms with Crippen molar-refractivity contribution in [2.45, 2.75) is 431 Å². The highest BCUT2D eigenvalue weighted by atomic mass is 31.2. The number of allylic oxidation sites excluding steroid dienone is 5. The monoisotopic (exact) mass is 1270 g/mol. The molecule has 0 heterocycles. The lowest BCUT2D eigenvalue weighted by atomic mass is 10.0. The first-order valence-electron chi connectivity index (χ1n) is 39.9. The average molecular weight is 1280 g/mol. The van der Waals surface area contributed by atoms with Crippen LogP contribution in [-0.4, -0.2) is 73.4 Å². The summed E-state index contributed by atoms with van der Waals surface area (Å²) in [5.41, 5.74) is 0. The number of quaternary nitrogens is 1. The van der Waals surface area contributed by atoms with Gasteiger partial charge in [0.2, 0.25) is 5.91 Å². The molecule has 3 unspecified atom stereocenters. The van der Waals surface area contributed by atoms with Crippen molar-refractivity contribution in [1.29, 1.82) is 0 Å². The topological polar surface area (TPSA) is 105 Å². The molecule has 0 aliphatic rings. The first-order chi connectivity index (χ1) is 43.5. The number of nitrogens with zero attached hydrogens (tertiary/aromatic N) is 1. The van der Waals surface area contributed by atoms with E-state index in [1.54, 1.807) is 6.08 Å². The summed E-state index contributed by atoms with van der Waals surface area (Å²) in [6, 6.07) is -0.847. The maximum Gasteiger partial charge on any atom is 0.472 e. The predicted molar refractivity (Wildman–Crippen MR) is 392 cm³/mol. The number of carbonyl (C=O) groups excluding carboxylic acids is 1. The summed E-state index contributed by atoms with van der Waals surface area (Å²) in [6.45, 7) is 4.88. The molecule has 0 aliphatic carbocycles. The van der Waals surface area contributed by atoms with Gasteiger partial charge in [-0.15, -0.1) is 0 Å². The molecule has 0 radical (unpaired) electrons. The number of carbonyl (C=O) groups is 1. The zero-order chi connectivity index (χ0) is 64.8. The molecule has 9 heteroatoms. The fourth-order valence-corrected chi connectivity index (χ4v) is 13.2. The summed E-state index contributed by atoms with van der Waals surface area (Å²) in [7, 11) is 1.59. The van der Waals surface area contributed by atoms with Gasteiger partial charge in [-0.1, -0.05) is 397 Å². The van der Waals surface area contributed by atoms with Crippen LogP contribution in [0.15, 0.2) is 36.5 Å². The van der Waals surface area contributed by atoms with Crippen molar-refractivity contribution < 1.29 is 32.9 Å². The van der Waals surface area contributed by atoms with Gasteiger partial charge in [0.05, 0.1) is 39.9 Å². The molecule has 0 aromatic carbocycles. The largest absolute Gasteiger partial charge is 0.472 e. The summed E-state index contributed by atoms with van der Waals surface area (Å²) in [5.74, 6) is -0.167. The number of amides is 1. The Morgan fingerprint density at radius 3 is 0.921 bits per heavy atom. The van der Waals surface area contributed by atoms with Gasteiger partial charge >= 0.3 is 7.82 Å². The number of phosphoric ester groups is 1. The van der Waals surface area contributed by atoms with Gasteiger partial charge in [0.1, 0.15) is 13.2 Å². The van der Waals surface area contributed by atoms with Crippen molar-refractivity contribution in [3.05, 3.63) is 36.5 Å². The Labute approximate surface area is 557 Å². The van der Waals surface area contributed by atoms with E-state index < -0.39 is 20.0 Å². The second-order valence-electron chi connectivity index (χ2n) is 28.8. The molecule has 8 nitrogen and oxygen atoms in total. The number of likely N-dealkylation sites (N-methyl/N-ethyl adjacent to an activating group) is 1. The average Bonchev–Trinajstić information content (AvgIpc) is 3.64. The molecule has 0 aromatic rings. The number of unbranched alkanes of at least 4 members (excludes halogenated alkanes) is 58. The second-order valence-corrected chi connectivity index (χ2v) is 30.3. The Bertz CT molecular complexity index is 1550. The van der Waals surface area contributed by atoms with Crippen LogP contribution in [0.5, 0.6) is 0 Å². The zero-order valence-electron chi connectivity index (χ0n) is 60.7. The van der Waals surface area contributed by atoms with Gasteiger partial charge in [0.15, 0.2) is 0 Å². The Morgan fingerprint density at radius 1 is 0.382 bits per heavy atom. The molecule has 528 valence electrons. The van der Waals surface area contributed by atoms with Crippen LogP contribution in [0.3, 0.4) is 0 Å². The second kappa shape index (κ2) is 71.0. The molecule has 0 fully saturated rings. The Hall–Kier alpha value is -1.28. The van der Waals surface area contributed by atoms with Crippen molar-refractivity contribution in [2.24, 2.45) is 0 Å². The normalized spacial score (nSPS) is 13.7. The molecule has 0 saturated heterocycles. The van der Waals surface area contributed by atoms with Crippen molar-refractivity contribution in [2.75, 3.05) is 40.9 Å². The van der Waals surface area contributed by atoms with Gasteiger partial charge in [-0.2, -0.15) is 0 Å². The summed E-state index contributed by atoms with van der Waals surface area (Å²) in [4.78, 5) is 23.5. The Morgan fingerprint density at radius 2 is 0.640 bits per heavy atom. The van der Waals surface area contributed by atoms with Gasteiger partial charge in [0, 0.05) is 6.42 Å². The fourth-order valence-electron chi connectivity index (χ4n) is 12.4. The smallest absolute Gasteiger partial charge is 0.387 e. The van der Waals surface area contributed by atoms with Crippen LogP contribution in [0.2, 0.25) is 0 Å². The van der Waals surface area contributed by atoms with E-state index in [1.807, 2.05) is 27.2 Å². The molecule has 0 aromatic heterocycles. The molecule has 3 atom stereocenters. The standard InChI is InChI=1S/C80H157N2O6P/c1-6-8-10-12-14-16-18-20-22-24-26-28-30-32-34-36-38-40-41-42-44-46-48-50-52-54-56-58-60-62-64-66-68-70-72-74-80(84)81-78(77-88-89(85,86)87-76-75-82(3,4)5)79(83)73-71-69-67-65-63-61-59-57-55-53-51-49-47-45-43-39-37-35-33-31-29-27-25-23-21-19-17-15-13-11-9-7-2/h18,20,24,26,71,73,78-79,83H,6-17,19,21-23,25,27-70,72,74-77H2,1-5H3,(H-,81,84,85,86)/p+1/b20-18-,26-24-,73-71+. The molecule has 0 spiro atoms. The predicted octanol–water partition coefficient (Wildman–Crippen LogP) is 26.0. The molecule has 0 saturated carbocycles. The highest BCUT2D eigenvalue weighted by Gasteiger charge is 2.28. The van der Waals surface area contributed by atoms with Gasteiger partial charge in [-0.25, -0.2) is 4.57 Å². The number of phosphoric acid groups is 1. The molecular formula is C80H158N2O6P+. The third-order valence-corrected chi connectivity index (χ3v) is 19.6. The fraction of sp³-hybridized carbons (Fsp3) is 0.912. The number of nitrogens with one attached hydrogen (secondary N) is 1. The molecule has 1 amide bonds. The third-order valence-electron chi connectivity index (χ3n) is 18.6. The number of aliphatic hydroxyl groups excluding tert-OH is 1. The Kier molecular flexibility index (Phi) is 70.0. The molecule has 0 rings (SSSR count). The lowest BCUT2D eigenvalue weighted by Crippen LogP contribution is -2.45. The van der Waals surface area contributed by atoms with E-state index in [-0.39, 0.29) is 19.1 Å². The van der Waals surface area contributed by atoms with Crippen molar-refractivity contribution >= 4 is 13.7 Å². The van der Waals surface area contributed by atoms with Crippen LogP contribution in [0.1, 0.15) is 418 Å². The summed E-state index contributed by atoms with van der Waals surface area (Å²) in [5, 5.41) is 14.1. The lowest BCUT2D eigenvalue weighted by Gasteiger charge is -2.25. The minimum atomic E-state index is -4.36. The number of hydrogen-bond acceptors (Lipinski definition) is 5. The highest BCUT2D eigenvalue weighted by molar-refractivity contribution is 7.47. The van der Waals surface area contributed by atoms with Crippen LogP contribution in [0.4, 0.5) is 0 Å². The van der Waals surface area contributed by atoms with Crippen LogP contribution < -0.4 is 5.32 Å². The van der Waals surface area contributed by atoms with Crippen molar-refractivity contribution in [1.82, 2.24) is 5.32 Å². The minimum Gasteiger partial charge on any atom is -0.387 e. The van der Waals surface area contributed by atoms with Crippen LogP contribution >= 0.6 is 7.82 Å². The Balaban J connectivity index is 3.95. The van der Waals surface area contributed by atoms with E-state index in [2.05, 4.69) is 43.5 Å². The molecule has 0 bridgehead atoms. The van der Waals surface area contributed by atoms with Crippen LogP contribution in [-0.2, 0) is 18.4 Å². The van der Waals surface area contributed by atoms with Crippen LogP contribution in [0, 0.1) is 0 Å². The first kappa shape index (κ1) is 87.7. The van der Waals surface area contributed by atoms with Crippen molar-refractivity contribution in [3.63, 3.8) is 0 Å². The summed E-state index contributed by atoms with van der Waals surface area (Å²) in [6.07, 6.45) is 96.2. The summed E-state index contributed by atoms with van der Waals surface area (Å²) < 4.78 is 23.9. The zero-order valence-corrected chi connectivity index (χ0v) is 61.6. The SMILES string of the molecule is CCCCCCC/C=C\C/C=C\CCCCCCCCCCCCCCCCCCCCCCCCCC(=O)NC(COP(=O)(O)OCC[N+](C)(C)C)C(O)/C=C/CCCCCCCCCCCCCCCCCCCCCCCCCCCCCCCC. The van der Waals surface area contributed by atoms with E-state index in [0.29, 0.717) is 17.4 Å². The number of hydrogen-bond donors (Lipinski definition) is 3. The van der Waals surface area contributed by atoms with Gasteiger partial charge in [-0.05, 0) is 51.4 Å². The van der Waals surface area contributed by atoms with Crippen molar-refractivity contribution in [3.8, 4) is 0 Å². The quantitative estimate of drug-likeness (QED) is 0.0243. The van der Waals surface area contributed by atoms with E-state index in [9.17, 15) is 19.4 Å². The van der Waals surface area contributed by atoms with Gasteiger partial charge in [-0.3, -0.25) is 13.8 Å². The third kappa shape index (κ3) is 74.0. The molecule has 89 heavy (non-hydrogen) atoms. The molecular weight excluding hydrogens is 1120 g/mol. The van der Waals surface area contributed by atoms with Crippen LogP contribution in [0.25, 0.3) is 0 Å². The highest BCUT2D eigenvalue weighted by Crippen LogP contribution is 2.43. The maximum absolute atomic E-state index is 13.1. The summed E-state index contributed by atoms with van der Waals surface area (Å²) >= 11 is 0. The van der Waals surface area contributed by atoms with E-state index in [4.69, 9.17) is 9.05 Å². The van der Waals surface area contributed by atoms with Gasteiger partial charge < -0.3 is 19.8 Å². The minimum absolute atomic E-state index is 0.0641. The number of rotatable bonds is 75. The van der Waals surface area contributed by atoms with E-state index in [1.165, 1.54) is 360 Å². The number of aliphatic hydroxyl groups is 1. The first-order valence-corrected chi connectivity index (χ1v) is 41.4.